The van der Waals surface area contributed by atoms with Crippen molar-refractivity contribution in [2.45, 2.75) is 13.1 Å². The van der Waals surface area contributed by atoms with Gasteiger partial charge in [-0.1, -0.05) is 11.6 Å². The number of nitrogens with one attached hydrogen (secondary N) is 3. The molecule has 1 saturated heterocycles. The monoisotopic (exact) mass is 541 g/mol. The summed E-state index contributed by atoms with van der Waals surface area (Å²) in [6.45, 7) is 5.13. The average molecular weight is 542 g/mol. The summed E-state index contributed by atoms with van der Waals surface area (Å²) in [4.78, 5) is 40.1. The number of carbonyl (C=O) groups is 3. The van der Waals surface area contributed by atoms with Crippen LogP contribution in [0.1, 0.15) is 12.5 Å². The van der Waals surface area contributed by atoms with Gasteiger partial charge in [0.2, 0.25) is 5.91 Å². The average Bonchev–Trinajstić information content (AvgIpc) is 2.82. The number of hydrogen-bond acceptors (Lipinski definition) is 6. The molecular formula is C24H27ClF3N5O4. The Labute approximate surface area is 216 Å². The Balaban J connectivity index is 1.43. The lowest BCUT2D eigenvalue weighted by molar-refractivity contribution is -0.145. The molecule has 2 aromatic rings. The molecule has 0 atom stereocenters. The van der Waals surface area contributed by atoms with Crippen molar-refractivity contribution in [1.82, 2.24) is 9.80 Å². The molecule has 9 nitrogen and oxygen atoms in total. The molecule has 1 heterocycles. The third-order valence-electron chi connectivity index (χ3n) is 5.45. The summed E-state index contributed by atoms with van der Waals surface area (Å²) in [5, 5.41) is 7.16. The van der Waals surface area contributed by atoms with Crippen molar-refractivity contribution in [2.24, 2.45) is 0 Å². The van der Waals surface area contributed by atoms with Gasteiger partial charge in [0.25, 0.3) is 0 Å². The molecule has 3 amide bonds. The molecule has 1 fully saturated rings. The summed E-state index contributed by atoms with van der Waals surface area (Å²) in [6.07, 6.45) is -4.65. The third-order valence-corrected chi connectivity index (χ3v) is 5.78. The van der Waals surface area contributed by atoms with Crippen molar-refractivity contribution in [3.05, 3.63) is 53.1 Å². The van der Waals surface area contributed by atoms with Crippen molar-refractivity contribution >= 4 is 46.6 Å². The molecule has 2 aromatic carbocycles. The van der Waals surface area contributed by atoms with Gasteiger partial charge in [-0.05, 0) is 49.4 Å². The fourth-order valence-corrected chi connectivity index (χ4v) is 3.87. The topological polar surface area (TPSA) is 103 Å². The van der Waals surface area contributed by atoms with Crippen LogP contribution in [-0.4, -0.2) is 73.6 Å². The first kappa shape index (κ1) is 28.2. The Kier molecular flexibility index (Phi) is 9.73. The molecular weight excluding hydrogens is 515 g/mol. The van der Waals surface area contributed by atoms with Crippen molar-refractivity contribution in [3.63, 3.8) is 0 Å². The molecule has 0 spiro atoms. The molecule has 3 N–H and O–H groups in total. The lowest BCUT2D eigenvalue weighted by Gasteiger charge is -2.33. The van der Waals surface area contributed by atoms with Crippen molar-refractivity contribution in [3.8, 4) is 0 Å². The first-order valence-electron chi connectivity index (χ1n) is 11.5. The summed E-state index contributed by atoms with van der Waals surface area (Å²) in [5.74, 6) is -0.467. The number of halogens is 4. The molecule has 0 unspecified atom stereocenters. The van der Waals surface area contributed by atoms with E-state index in [2.05, 4.69) is 16.0 Å². The number of nitrogens with zero attached hydrogens (tertiary/aromatic N) is 2. The second-order valence-corrected chi connectivity index (χ2v) is 8.66. The van der Waals surface area contributed by atoms with E-state index in [9.17, 15) is 27.6 Å². The van der Waals surface area contributed by atoms with E-state index in [0.29, 0.717) is 44.2 Å². The number of amides is 3. The predicted octanol–water partition coefficient (Wildman–Crippen LogP) is 4.12. The summed E-state index contributed by atoms with van der Waals surface area (Å²) in [5.41, 5.74) is -0.229. The van der Waals surface area contributed by atoms with Gasteiger partial charge in [0.1, 0.15) is 0 Å². The minimum Gasteiger partial charge on any atom is -0.465 e. The number of esters is 1. The number of hydrogen-bond donors (Lipinski definition) is 3. The van der Waals surface area contributed by atoms with Crippen LogP contribution in [0, 0.1) is 0 Å². The lowest BCUT2D eigenvalue weighted by atomic mass is 10.2. The maximum atomic E-state index is 13.0. The predicted molar refractivity (Wildman–Crippen MR) is 134 cm³/mol. The number of piperazine rings is 1. The number of carbonyl (C=O) groups excluding carboxylic acids is 3. The first-order valence-corrected chi connectivity index (χ1v) is 11.9. The molecule has 13 heteroatoms. The van der Waals surface area contributed by atoms with Crippen LogP contribution in [0.4, 0.5) is 35.0 Å². The van der Waals surface area contributed by atoms with Gasteiger partial charge in [-0.3, -0.25) is 19.4 Å². The van der Waals surface area contributed by atoms with E-state index in [4.69, 9.17) is 16.3 Å². The number of urea groups is 1. The van der Waals surface area contributed by atoms with E-state index in [1.807, 2.05) is 9.80 Å². The molecule has 37 heavy (non-hydrogen) atoms. The van der Waals surface area contributed by atoms with Gasteiger partial charge in [0.05, 0.1) is 30.3 Å². The van der Waals surface area contributed by atoms with Crippen molar-refractivity contribution in [2.75, 3.05) is 61.8 Å². The van der Waals surface area contributed by atoms with Crippen LogP contribution in [-0.2, 0) is 20.5 Å². The second kappa shape index (κ2) is 12.7. The highest BCUT2D eigenvalue weighted by Gasteiger charge is 2.33. The highest BCUT2D eigenvalue weighted by Crippen LogP contribution is 2.36. The first-order chi connectivity index (χ1) is 17.5. The zero-order chi connectivity index (χ0) is 27.0. The molecule has 0 aliphatic carbocycles. The van der Waals surface area contributed by atoms with Crippen LogP contribution in [0.3, 0.4) is 0 Å². The molecule has 0 bridgehead atoms. The van der Waals surface area contributed by atoms with Crippen LogP contribution in [0.2, 0.25) is 5.02 Å². The zero-order valence-electron chi connectivity index (χ0n) is 20.0. The minimum atomic E-state index is -4.65. The molecule has 1 aliphatic rings. The highest BCUT2D eigenvalue weighted by atomic mass is 35.5. The Morgan fingerprint density at radius 2 is 1.38 bits per heavy atom. The summed E-state index contributed by atoms with van der Waals surface area (Å²) in [7, 11) is 0. The van der Waals surface area contributed by atoms with Crippen LogP contribution in [0.15, 0.2) is 42.5 Å². The van der Waals surface area contributed by atoms with E-state index in [-0.39, 0.29) is 30.7 Å². The maximum absolute atomic E-state index is 13.0. The van der Waals surface area contributed by atoms with Gasteiger partial charge in [0.15, 0.2) is 0 Å². The van der Waals surface area contributed by atoms with Crippen LogP contribution in [0.5, 0.6) is 0 Å². The molecule has 0 saturated carbocycles. The van der Waals surface area contributed by atoms with Crippen LogP contribution < -0.4 is 16.0 Å². The quantitative estimate of drug-likeness (QED) is 0.434. The molecule has 0 radical (unpaired) electrons. The van der Waals surface area contributed by atoms with E-state index in [1.54, 1.807) is 31.2 Å². The normalized spacial score (nSPS) is 14.6. The SMILES string of the molecule is CCOC(=O)CN1CCN(CC(=O)Nc2ccc(NC(=O)Nc3ccc(Cl)c(C(F)(F)F)c3)cc2)CC1. The van der Waals surface area contributed by atoms with E-state index in [1.165, 1.54) is 6.07 Å². The fourth-order valence-electron chi connectivity index (χ4n) is 3.65. The van der Waals surface area contributed by atoms with E-state index < -0.39 is 22.8 Å². The van der Waals surface area contributed by atoms with E-state index in [0.717, 1.165) is 12.1 Å². The van der Waals surface area contributed by atoms with Crippen LogP contribution >= 0.6 is 11.6 Å². The molecule has 200 valence electrons. The molecule has 1 aliphatic heterocycles. The number of rotatable bonds is 8. The number of benzene rings is 2. The Bertz CT molecular complexity index is 1110. The largest absolute Gasteiger partial charge is 0.465 e. The van der Waals surface area contributed by atoms with Gasteiger partial charge in [-0.15, -0.1) is 0 Å². The summed E-state index contributed by atoms with van der Waals surface area (Å²) in [6, 6.07) is 8.61. The molecule has 3 rings (SSSR count). The summed E-state index contributed by atoms with van der Waals surface area (Å²) < 4.78 is 43.9. The summed E-state index contributed by atoms with van der Waals surface area (Å²) >= 11 is 5.59. The highest BCUT2D eigenvalue weighted by molar-refractivity contribution is 6.31. The van der Waals surface area contributed by atoms with Crippen LogP contribution in [0.25, 0.3) is 0 Å². The van der Waals surface area contributed by atoms with Gasteiger partial charge >= 0.3 is 18.2 Å². The van der Waals surface area contributed by atoms with Gasteiger partial charge < -0.3 is 20.7 Å². The van der Waals surface area contributed by atoms with Gasteiger partial charge in [-0.2, -0.15) is 13.2 Å². The van der Waals surface area contributed by atoms with Crippen molar-refractivity contribution < 1.29 is 32.3 Å². The third kappa shape index (κ3) is 8.92. The van der Waals surface area contributed by atoms with Gasteiger partial charge in [-0.25, -0.2) is 4.79 Å². The zero-order valence-corrected chi connectivity index (χ0v) is 20.8. The Morgan fingerprint density at radius 3 is 1.95 bits per heavy atom. The van der Waals surface area contributed by atoms with Gasteiger partial charge in [0, 0.05) is 43.2 Å². The smallest absolute Gasteiger partial charge is 0.417 e. The second-order valence-electron chi connectivity index (χ2n) is 8.25. The standard InChI is InChI=1S/C24H27ClF3N5O4/c1-2-37-22(35)15-33-11-9-32(10-12-33)14-21(34)29-16-3-5-17(6-4-16)30-23(36)31-18-7-8-20(25)19(13-18)24(26,27)28/h3-8,13H,2,9-12,14-15H2,1H3,(H,29,34)(H2,30,31,36). The number of alkyl halides is 3. The molecule has 0 aromatic heterocycles. The minimum absolute atomic E-state index is 0.0696. The Morgan fingerprint density at radius 1 is 0.865 bits per heavy atom. The number of anilines is 3. The van der Waals surface area contributed by atoms with Crippen molar-refractivity contribution in [1.29, 1.82) is 0 Å². The van der Waals surface area contributed by atoms with E-state index >= 15 is 0 Å². The Hall–Kier alpha value is -3.35. The maximum Gasteiger partial charge on any atom is 0.417 e. The lowest BCUT2D eigenvalue weighted by Crippen LogP contribution is -2.49. The number of ether oxygens (including phenoxy) is 1. The fraction of sp³-hybridized carbons (Fsp3) is 0.375.